The monoisotopic (exact) mass is 373 g/mol. The number of fused-ring (bicyclic) bond motifs is 1. The molecular formula is C19H23N3O3S. The molecule has 0 bridgehead atoms. The van der Waals surface area contributed by atoms with Crippen LogP contribution in [0.25, 0.3) is 0 Å². The zero-order valence-corrected chi connectivity index (χ0v) is 15.7. The van der Waals surface area contributed by atoms with Gasteiger partial charge in [0.1, 0.15) is 0 Å². The quantitative estimate of drug-likeness (QED) is 0.836. The highest BCUT2D eigenvalue weighted by atomic mass is 32.2. The summed E-state index contributed by atoms with van der Waals surface area (Å²) in [6.45, 7) is 2.34. The summed E-state index contributed by atoms with van der Waals surface area (Å²) in [6.07, 6.45) is 0.703. The Balaban J connectivity index is 1.88. The summed E-state index contributed by atoms with van der Waals surface area (Å²) in [4.78, 5) is 14.8. The van der Waals surface area contributed by atoms with Gasteiger partial charge in [-0.3, -0.25) is 4.79 Å². The van der Waals surface area contributed by atoms with Gasteiger partial charge in [-0.25, -0.2) is 13.1 Å². The van der Waals surface area contributed by atoms with Crippen molar-refractivity contribution in [2.75, 3.05) is 18.5 Å². The van der Waals surface area contributed by atoms with Crippen LogP contribution in [0.15, 0.2) is 53.4 Å². The molecule has 0 saturated heterocycles. The van der Waals surface area contributed by atoms with Gasteiger partial charge in [-0.2, -0.15) is 0 Å². The van der Waals surface area contributed by atoms with Crippen LogP contribution in [0.5, 0.6) is 0 Å². The molecule has 3 N–H and O–H groups in total. The first-order valence-electron chi connectivity index (χ1n) is 8.53. The van der Waals surface area contributed by atoms with Gasteiger partial charge in [0, 0.05) is 18.3 Å². The number of hydrogen-bond acceptors (Lipinski definition) is 4. The molecule has 0 aliphatic carbocycles. The summed E-state index contributed by atoms with van der Waals surface area (Å²) in [5.74, 6) is -0.521. The van der Waals surface area contributed by atoms with E-state index in [0.29, 0.717) is 18.7 Å². The zero-order valence-electron chi connectivity index (χ0n) is 14.8. The maximum Gasteiger partial charge on any atom is 0.240 e. The van der Waals surface area contributed by atoms with Crippen molar-refractivity contribution in [1.82, 2.24) is 4.72 Å². The molecule has 7 heteroatoms. The summed E-state index contributed by atoms with van der Waals surface area (Å²) < 4.78 is 26.4. The lowest BCUT2D eigenvalue weighted by atomic mass is 9.94. The van der Waals surface area contributed by atoms with Gasteiger partial charge in [-0.1, -0.05) is 43.3 Å². The highest BCUT2D eigenvalue weighted by molar-refractivity contribution is 7.89. The minimum Gasteiger partial charge on any atom is -0.323 e. The number of nitrogens with zero attached hydrogens (tertiary/aromatic N) is 1. The van der Waals surface area contributed by atoms with E-state index in [9.17, 15) is 13.2 Å². The minimum absolute atomic E-state index is 0.0980. The first-order valence-corrected chi connectivity index (χ1v) is 10.0. The molecule has 0 aromatic heterocycles. The van der Waals surface area contributed by atoms with Gasteiger partial charge in [-0.05, 0) is 36.7 Å². The van der Waals surface area contributed by atoms with E-state index < -0.39 is 22.0 Å². The van der Waals surface area contributed by atoms with Gasteiger partial charge in [0.2, 0.25) is 15.9 Å². The van der Waals surface area contributed by atoms with E-state index >= 15 is 0 Å². The lowest BCUT2D eigenvalue weighted by Crippen LogP contribution is -2.38. The SMILES string of the molecule is CNS(=O)(=O)c1ccc2c(c1)N(C(=O)C(C)C(N)c1ccccc1)CC2. The van der Waals surface area contributed by atoms with E-state index in [1.54, 1.807) is 23.1 Å². The molecule has 2 aromatic carbocycles. The molecule has 2 unspecified atom stereocenters. The minimum atomic E-state index is -3.56. The first kappa shape index (κ1) is 18.6. The summed E-state index contributed by atoms with van der Waals surface area (Å²) in [7, 11) is -2.19. The van der Waals surface area contributed by atoms with Gasteiger partial charge in [0.25, 0.3) is 0 Å². The Morgan fingerprint density at radius 3 is 2.54 bits per heavy atom. The third kappa shape index (κ3) is 3.38. The molecule has 1 aliphatic heterocycles. The number of carbonyl (C=O) groups is 1. The maximum atomic E-state index is 13.0. The molecular weight excluding hydrogens is 350 g/mol. The van der Waals surface area contributed by atoms with Crippen molar-refractivity contribution in [3.8, 4) is 0 Å². The third-order valence-electron chi connectivity index (χ3n) is 4.91. The number of benzene rings is 2. The molecule has 0 fully saturated rings. The van der Waals surface area contributed by atoms with E-state index in [1.165, 1.54) is 7.05 Å². The first-order chi connectivity index (χ1) is 12.3. The number of rotatable bonds is 5. The molecule has 0 radical (unpaired) electrons. The van der Waals surface area contributed by atoms with Crippen LogP contribution >= 0.6 is 0 Å². The molecule has 138 valence electrons. The Morgan fingerprint density at radius 1 is 1.19 bits per heavy atom. The topological polar surface area (TPSA) is 92.5 Å². The van der Waals surface area contributed by atoms with E-state index in [0.717, 1.165) is 11.1 Å². The molecule has 3 rings (SSSR count). The van der Waals surface area contributed by atoms with Crippen LogP contribution in [-0.4, -0.2) is 27.9 Å². The lowest BCUT2D eigenvalue weighted by molar-refractivity contribution is -0.122. The molecule has 6 nitrogen and oxygen atoms in total. The van der Waals surface area contributed by atoms with Crippen molar-refractivity contribution < 1.29 is 13.2 Å². The maximum absolute atomic E-state index is 13.0. The van der Waals surface area contributed by atoms with Crippen LogP contribution in [-0.2, 0) is 21.2 Å². The van der Waals surface area contributed by atoms with E-state index in [4.69, 9.17) is 5.73 Å². The number of sulfonamides is 1. The highest BCUT2D eigenvalue weighted by Crippen LogP contribution is 2.33. The second-order valence-electron chi connectivity index (χ2n) is 6.46. The molecule has 2 atom stereocenters. The van der Waals surface area contributed by atoms with E-state index in [-0.39, 0.29) is 10.8 Å². The Labute approximate surface area is 154 Å². The average Bonchev–Trinajstić information content (AvgIpc) is 3.10. The molecule has 26 heavy (non-hydrogen) atoms. The van der Waals surface area contributed by atoms with Gasteiger partial charge < -0.3 is 10.6 Å². The molecule has 1 aliphatic rings. The average molecular weight is 373 g/mol. The Hall–Kier alpha value is -2.22. The van der Waals surface area contributed by atoms with Gasteiger partial charge in [0.15, 0.2) is 0 Å². The van der Waals surface area contributed by atoms with Crippen molar-refractivity contribution in [3.63, 3.8) is 0 Å². The lowest BCUT2D eigenvalue weighted by Gasteiger charge is -2.26. The summed E-state index contributed by atoms with van der Waals surface area (Å²) in [5, 5.41) is 0. The van der Waals surface area contributed by atoms with E-state index in [1.807, 2.05) is 37.3 Å². The standard InChI is InChI=1S/C19H23N3O3S/c1-13(18(20)15-6-4-3-5-7-15)19(23)22-11-10-14-8-9-16(12-17(14)22)26(24,25)21-2/h3-9,12-13,18,21H,10-11,20H2,1-2H3. The number of amides is 1. The highest BCUT2D eigenvalue weighted by Gasteiger charge is 2.32. The van der Waals surface area contributed by atoms with Gasteiger partial charge in [0.05, 0.1) is 10.8 Å². The third-order valence-corrected chi connectivity index (χ3v) is 6.32. The van der Waals surface area contributed by atoms with Crippen LogP contribution in [0.3, 0.4) is 0 Å². The number of nitrogens with one attached hydrogen (secondary N) is 1. The number of hydrogen-bond donors (Lipinski definition) is 2. The van der Waals surface area contributed by atoms with Crippen molar-refractivity contribution in [1.29, 1.82) is 0 Å². The molecule has 1 heterocycles. The van der Waals surface area contributed by atoms with Crippen LogP contribution in [0.1, 0.15) is 24.1 Å². The fraction of sp³-hybridized carbons (Fsp3) is 0.316. The predicted molar refractivity (Wildman–Crippen MR) is 101 cm³/mol. The second kappa shape index (κ2) is 7.19. The molecule has 0 spiro atoms. The predicted octanol–water partition coefficient (Wildman–Crippen LogP) is 1.82. The van der Waals surface area contributed by atoms with Crippen molar-refractivity contribution in [2.45, 2.75) is 24.3 Å². The largest absolute Gasteiger partial charge is 0.323 e. The molecule has 1 amide bonds. The molecule has 2 aromatic rings. The Kier molecular flexibility index (Phi) is 5.13. The van der Waals surface area contributed by atoms with Crippen molar-refractivity contribution in [3.05, 3.63) is 59.7 Å². The van der Waals surface area contributed by atoms with Crippen LogP contribution in [0, 0.1) is 5.92 Å². The molecule has 0 saturated carbocycles. The summed E-state index contributed by atoms with van der Waals surface area (Å²) in [6, 6.07) is 14.0. The van der Waals surface area contributed by atoms with Crippen LogP contribution in [0.2, 0.25) is 0 Å². The summed E-state index contributed by atoms with van der Waals surface area (Å²) >= 11 is 0. The Morgan fingerprint density at radius 2 is 1.88 bits per heavy atom. The number of nitrogens with two attached hydrogens (primary N) is 1. The normalized spacial score (nSPS) is 16.2. The summed E-state index contributed by atoms with van der Waals surface area (Å²) in [5.41, 5.74) is 8.81. The fourth-order valence-electron chi connectivity index (χ4n) is 3.24. The van der Waals surface area contributed by atoms with Crippen LogP contribution < -0.4 is 15.4 Å². The van der Waals surface area contributed by atoms with Gasteiger partial charge >= 0.3 is 0 Å². The van der Waals surface area contributed by atoms with Crippen molar-refractivity contribution in [2.24, 2.45) is 11.7 Å². The fourth-order valence-corrected chi connectivity index (χ4v) is 3.99. The van der Waals surface area contributed by atoms with Crippen molar-refractivity contribution >= 4 is 21.6 Å². The van der Waals surface area contributed by atoms with Crippen LogP contribution in [0.4, 0.5) is 5.69 Å². The number of carbonyl (C=O) groups excluding carboxylic acids is 1. The second-order valence-corrected chi connectivity index (χ2v) is 8.35. The Bertz CT molecular complexity index is 913. The zero-order chi connectivity index (χ0) is 18.9. The van der Waals surface area contributed by atoms with E-state index in [2.05, 4.69) is 4.72 Å². The smallest absolute Gasteiger partial charge is 0.240 e. The van der Waals surface area contributed by atoms with Gasteiger partial charge in [-0.15, -0.1) is 0 Å². The number of anilines is 1.